The van der Waals surface area contributed by atoms with Crippen molar-refractivity contribution in [2.45, 2.75) is 12.8 Å². The van der Waals surface area contributed by atoms with Gasteiger partial charge in [0.15, 0.2) is 40.2 Å². The highest BCUT2D eigenvalue weighted by Crippen LogP contribution is 2.42. The topological polar surface area (TPSA) is 243 Å². The zero-order valence-electron chi connectivity index (χ0n) is 19.4. The van der Waals surface area contributed by atoms with Gasteiger partial charge in [0.05, 0.1) is 0 Å². The summed E-state index contributed by atoms with van der Waals surface area (Å²) < 4.78 is 0. The highest BCUT2D eigenvalue weighted by atomic mass is 16.3. The van der Waals surface area contributed by atoms with Crippen LogP contribution in [0.2, 0.25) is 0 Å². The van der Waals surface area contributed by atoms with Gasteiger partial charge in [0.25, 0.3) is 0 Å². The van der Waals surface area contributed by atoms with E-state index >= 15 is 0 Å². The molecule has 0 saturated carbocycles. The molecular weight excluding hydrogens is 504 g/mol. The molecule has 0 aromatic heterocycles. The molecule has 0 saturated heterocycles. The molecule has 0 heterocycles. The molecule has 0 unspecified atom stereocenters. The third-order valence-electron chi connectivity index (χ3n) is 5.51. The van der Waals surface area contributed by atoms with E-state index < -0.39 is 51.7 Å². The lowest BCUT2D eigenvalue weighted by Gasteiger charge is -2.10. The van der Waals surface area contributed by atoms with Gasteiger partial charge in [-0.3, -0.25) is 0 Å². The van der Waals surface area contributed by atoms with Crippen LogP contribution in [-0.2, 0) is 12.8 Å². The van der Waals surface area contributed by atoms with E-state index in [-0.39, 0.29) is 41.2 Å². The van der Waals surface area contributed by atoms with Gasteiger partial charge in [-0.15, -0.1) is 0 Å². The molecule has 200 valence electrons. The first kappa shape index (κ1) is 27.1. The molecule has 0 aliphatic heterocycles. The second kappa shape index (κ2) is 10.6. The van der Waals surface area contributed by atoms with Crippen molar-refractivity contribution in [3.63, 3.8) is 0 Å². The Labute approximate surface area is 214 Å². The largest absolute Gasteiger partial charge is 0.508 e. The molecule has 12 heteroatoms. The summed E-state index contributed by atoms with van der Waals surface area (Å²) in [4.78, 5) is 0. The van der Waals surface area contributed by atoms with E-state index in [2.05, 4.69) is 0 Å². The van der Waals surface area contributed by atoms with Gasteiger partial charge in [0.1, 0.15) is 17.2 Å². The third kappa shape index (κ3) is 5.65. The smallest absolute Gasteiger partial charge is 0.200 e. The van der Waals surface area contributed by atoms with Gasteiger partial charge in [-0.05, 0) is 29.8 Å². The number of hydrogen-bond acceptors (Lipinski definition) is 12. The second-order valence-electron chi connectivity index (χ2n) is 8.18. The maximum absolute atomic E-state index is 9.65. The lowest BCUT2D eigenvalue weighted by Crippen LogP contribution is -1.91. The molecule has 4 rings (SSSR count). The summed E-state index contributed by atoms with van der Waals surface area (Å²) in [6, 6.07) is 9.67. The van der Waals surface area contributed by atoms with E-state index in [4.69, 9.17) is 0 Å². The van der Waals surface area contributed by atoms with Crippen LogP contribution in [0.4, 0.5) is 0 Å². The quantitative estimate of drug-likeness (QED) is 0.171. The third-order valence-corrected chi connectivity index (χ3v) is 5.51. The van der Waals surface area contributed by atoms with Crippen LogP contribution >= 0.6 is 0 Å². The molecule has 12 nitrogen and oxygen atoms in total. The summed E-state index contributed by atoms with van der Waals surface area (Å²) >= 11 is 0. The van der Waals surface area contributed by atoms with Crippen LogP contribution in [-0.4, -0.2) is 61.3 Å². The lowest BCUT2D eigenvalue weighted by molar-refractivity contribution is 0.364. The van der Waals surface area contributed by atoms with Gasteiger partial charge in [0.2, 0.25) is 11.5 Å². The van der Waals surface area contributed by atoms with E-state index in [1.54, 1.807) is 0 Å². The first-order chi connectivity index (χ1) is 17.8. The summed E-state index contributed by atoms with van der Waals surface area (Å²) in [7, 11) is 0. The van der Waals surface area contributed by atoms with E-state index in [1.165, 1.54) is 36.4 Å². The Morgan fingerprint density at radius 3 is 1.24 bits per heavy atom. The Bertz CT molecular complexity index is 1450. The summed E-state index contributed by atoms with van der Waals surface area (Å²) in [5.41, 5.74) is 0.984. The number of phenolic OH excluding ortho intramolecular Hbond substituents is 12. The monoisotopic (exact) mass is 528 g/mol. The minimum absolute atomic E-state index is 0.0817. The molecular formula is C26H24O12. The van der Waals surface area contributed by atoms with E-state index in [0.717, 1.165) is 12.1 Å². The minimum atomic E-state index is -0.671. The molecule has 4 aromatic carbocycles. The molecule has 0 aliphatic rings. The molecule has 12 N–H and O–H groups in total. The van der Waals surface area contributed by atoms with Gasteiger partial charge in [-0.1, -0.05) is 12.1 Å². The first-order valence-corrected chi connectivity index (χ1v) is 10.7. The Kier molecular flexibility index (Phi) is 7.57. The van der Waals surface area contributed by atoms with E-state index in [1.807, 2.05) is 0 Å². The molecule has 0 aliphatic carbocycles. The summed E-state index contributed by atoms with van der Waals surface area (Å²) in [6.07, 6.45) is -0.00130. The van der Waals surface area contributed by atoms with Crippen molar-refractivity contribution in [1.29, 1.82) is 0 Å². The Balaban J connectivity index is 0.000000211. The van der Waals surface area contributed by atoms with Crippen LogP contribution in [0.15, 0.2) is 48.5 Å². The van der Waals surface area contributed by atoms with Crippen molar-refractivity contribution in [1.82, 2.24) is 0 Å². The zero-order chi connectivity index (χ0) is 28.3. The maximum Gasteiger partial charge on any atom is 0.200 e. The predicted molar refractivity (Wildman–Crippen MR) is 131 cm³/mol. The lowest BCUT2D eigenvalue weighted by atomic mass is 10.0. The fraction of sp³-hybridized carbons (Fsp3) is 0.0769. The SMILES string of the molecule is Oc1cc(Cc2ccc(O)c(O)c2O)cc(O)c1O.Oc1cc(O)c(Cc2ccc(O)c(O)c2O)c(O)c1. The predicted octanol–water partition coefficient (Wildman–Crippen LogP) is 3.02. The van der Waals surface area contributed by atoms with Crippen LogP contribution in [0.25, 0.3) is 0 Å². The van der Waals surface area contributed by atoms with Crippen molar-refractivity contribution in [2.75, 3.05) is 0 Å². The van der Waals surface area contributed by atoms with Gasteiger partial charge in [0, 0.05) is 41.7 Å². The molecule has 0 atom stereocenters. The Hall–Kier alpha value is -5.52. The van der Waals surface area contributed by atoms with Crippen LogP contribution in [0.1, 0.15) is 22.3 Å². The fourth-order valence-electron chi connectivity index (χ4n) is 3.49. The average Bonchev–Trinajstić information content (AvgIpc) is 2.85. The van der Waals surface area contributed by atoms with Crippen LogP contribution in [0.3, 0.4) is 0 Å². The molecule has 4 aromatic rings. The zero-order valence-corrected chi connectivity index (χ0v) is 19.4. The van der Waals surface area contributed by atoms with Crippen molar-refractivity contribution in [2.24, 2.45) is 0 Å². The van der Waals surface area contributed by atoms with Crippen LogP contribution in [0, 0.1) is 0 Å². The molecule has 0 spiro atoms. The number of rotatable bonds is 4. The fourth-order valence-corrected chi connectivity index (χ4v) is 3.49. The Morgan fingerprint density at radius 2 is 0.789 bits per heavy atom. The number of benzene rings is 4. The average molecular weight is 528 g/mol. The van der Waals surface area contributed by atoms with Crippen molar-refractivity contribution in [3.8, 4) is 69.0 Å². The molecule has 0 fully saturated rings. The van der Waals surface area contributed by atoms with Gasteiger partial charge in [-0.2, -0.15) is 0 Å². The second-order valence-corrected chi connectivity index (χ2v) is 8.18. The van der Waals surface area contributed by atoms with Crippen LogP contribution in [0.5, 0.6) is 69.0 Å². The molecule has 0 radical (unpaired) electrons. The number of hydrogen-bond donors (Lipinski definition) is 12. The Morgan fingerprint density at radius 1 is 0.368 bits per heavy atom. The summed E-state index contributed by atoms with van der Waals surface area (Å²) in [5.74, 6) is -5.82. The van der Waals surface area contributed by atoms with Gasteiger partial charge < -0.3 is 61.3 Å². The minimum Gasteiger partial charge on any atom is -0.508 e. The molecule has 0 amide bonds. The number of phenols is 12. The van der Waals surface area contributed by atoms with E-state index in [9.17, 15) is 61.3 Å². The van der Waals surface area contributed by atoms with Gasteiger partial charge >= 0.3 is 0 Å². The highest BCUT2D eigenvalue weighted by Gasteiger charge is 2.16. The first-order valence-electron chi connectivity index (χ1n) is 10.7. The van der Waals surface area contributed by atoms with Crippen molar-refractivity contribution >= 4 is 0 Å². The van der Waals surface area contributed by atoms with Crippen LogP contribution < -0.4 is 0 Å². The highest BCUT2D eigenvalue weighted by molar-refractivity contribution is 5.58. The summed E-state index contributed by atoms with van der Waals surface area (Å²) in [5, 5.41) is 113. The molecule has 0 bridgehead atoms. The van der Waals surface area contributed by atoms with Crippen molar-refractivity contribution in [3.05, 3.63) is 70.8 Å². The number of aromatic hydroxyl groups is 12. The summed E-state index contributed by atoms with van der Waals surface area (Å²) in [6.45, 7) is 0. The molecule has 38 heavy (non-hydrogen) atoms. The van der Waals surface area contributed by atoms with E-state index in [0.29, 0.717) is 11.1 Å². The maximum atomic E-state index is 9.65. The van der Waals surface area contributed by atoms with Crippen molar-refractivity contribution < 1.29 is 61.3 Å². The normalized spacial score (nSPS) is 10.5. The van der Waals surface area contributed by atoms with Gasteiger partial charge in [-0.25, -0.2) is 0 Å². The standard InChI is InChI=1S/2C13H12O6/c14-8-2-1-7(11(17)13(8)19)3-6-4-9(15)12(18)10(16)5-6;14-7-4-10(16)8(11(17)5-7)3-6-1-2-9(15)13(19)12(6)18/h2*1-2,4-5,14-19H,3H2.